The number of benzene rings is 1. The first-order valence-corrected chi connectivity index (χ1v) is 6.40. The van der Waals surface area contributed by atoms with Crippen LogP contribution in [0.4, 0.5) is 11.4 Å². The van der Waals surface area contributed by atoms with Gasteiger partial charge in [-0.2, -0.15) is 0 Å². The van der Waals surface area contributed by atoms with Gasteiger partial charge in [-0.25, -0.2) is 0 Å². The van der Waals surface area contributed by atoms with Crippen molar-refractivity contribution in [3.8, 4) is 0 Å². The second-order valence-electron chi connectivity index (χ2n) is 4.74. The van der Waals surface area contributed by atoms with Crippen molar-refractivity contribution in [3.63, 3.8) is 0 Å². The van der Waals surface area contributed by atoms with E-state index in [9.17, 15) is 4.79 Å². The summed E-state index contributed by atoms with van der Waals surface area (Å²) >= 11 is 0. The number of hydrogen-bond donors (Lipinski definition) is 2. The minimum absolute atomic E-state index is 0.0831. The van der Waals surface area contributed by atoms with Gasteiger partial charge in [0.25, 0.3) is 0 Å². The van der Waals surface area contributed by atoms with E-state index in [0.29, 0.717) is 0 Å². The van der Waals surface area contributed by atoms with Crippen molar-refractivity contribution in [2.45, 2.75) is 19.3 Å². The Balaban J connectivity index is 1.85. The molecule has 2 N–H and O–H groups in total. The summed E-state index contributed by atoms with van der Waals surface area (Å²) in [5.74, 6) is 0.686. The Bertz CT molecular complexity index is 403. The normalized spacial score (nSPS) is 14.9. The Morgan fingerprint density at radius 3 is 2.83 bits per heavy atom. The molecule has 0 unspecified atom stereocenters. The van der Waals surface area contributed by atoms with E-state index < -0.39 is 0 Å². The first kappa shape index (κ1) is 12.9. The Morgan fingerprint density at radius 1 is 1.39 bits per heavy atom. The molecule has 0 heterocycles. The number of nitrogens with one attached hydrogen (secondary N) is 2. The molecule has 0 radical (unpaired) electrons. The molecule has 0 bridgehead atoms. The zero-order chi connectivity index (χ0) is 12.8. The molecule has 1 amide bonds. The van der Waals surface area contributed by atoms with Crippen molar-refractivity contribution in [2.75, 3.05) is 30.9 Å². The lowest BCUT2D eigenvalue weighted by atomic mass is 9.85. The van der Waals surface area contributed by atoms with E-state index in [-0.39, 0.29) is 12.5 Å². The molecule has 4 heteroatoms. The van der Waals surface area contributed by atoms with Crippen molar-refractivity contribution in [3.05, 3.63) is 24.3 Å². The van der Waals surface area contributed by atoms with E-state index in [1.807, 2.05) is 24.3 Å². The minimum atomic E-state index is -0.131. The number of carbonyl (C=O) groups excluding carboxylic acids is 1. The molecule has 0 aliphatic heterocycles. The van der Waals surface area contributed by atoms with Crippen molar-refractivity contribution in [2.24, 2.45) is 5.92 Å². The summed E-state index contributed by atoms with van der Waals surface area (Å²) in [4.78, 5) is 11.4. The number of rotatable bonds is 6. The van der Waals surface area contributed by atoms with Gasteiger partial charge in [0.15, 0.2) is 0 Å². The zero-order valence-corrected chi connectivity index (χ0v) is 10.7. The molecular weight excluding hydrogens is 228 g/mol. The van der Waals surface area contributed by atoms with Crippen LogP contribution in [0.2, 0.25) is 0 Å². The molecule has 1 aromatic rings. The fraction of sp³-hybridized carbons (Fsp3) is 0.500. The van der Waals surface area contributed by atoms with Crippen LogP contribution in [-0.2, 0) is 9.53 Å². The Kier molecular flexibility index (Phi) is 4.59. The van der Waals surface area contributed by atoms with Gasteiger partial charge in [0.1, 0.15) is 6.61 Å². The van der Waals surface area contributed by atoms with E-state index in [1.54, 1.807) is 0 Å². The maximum Gasteiger partial charge on any atom is 0.250 e. The monoisotopic (exact) mass is 248 g/mol. The molecule has 1 aliphatic rings. The van der Waals surface area contributed by atoms with Crippen LogP contribution in [0, 0.1) is 5.92 Å². The quantitative estimate of drug-likeness (QED) is 0.813. The number of amides is 1. The summed E-state index contributed by atoms with van der Waals surface area (Å²) in [5.41, 5.74) is 1.85. The van der Waals surface area contributed by atoms with Gasteiger partial charge in [0, 0.05) is 25.0 Å². The third-order valence-corrected chi connectivity index (χ3v) is 3.24. The van der Waals surface area contributed by atoms with Crippen LogP contribution >= 0.6 is 0 Å². The Hall–Kier alpha value is -1.55. The van der Waals surface area contributed by atoms with Crippen LogP contribution < -0.4 is 10.6 Å². The predicted octanol–water partition coefficient (Wildman–Crippen LogP) is 2.48. The minimum Gasteiger partial charge on any atom is -0.385 e. The van der Waals surface area contributed by atoms with E-state index >= 15 is 0 Å². The molecule has 0 aromatic heterocycles. The van der Waals surface area contributed by atoms with Crippen molar-refractivity contribution in [1.82, 2.24) is 0 Å². The van der Waals surface area contributed by atoms with Gasteiger partial charge in [0.05, 0.1) is 0 Å². The number of ether oxygens (including phenoxy) is 1. The highest BCUT2D eigenvalue weighted by Gasteiger charge is 2.16. The molecular formula is C14H20N2O2. The molecule has 1 aromatic carbocycles. The summed E-state index contributed by atoms with van der Waals surface area (Å²) in [6.07, 6.45) is 4.02. The van der Waals surface area contributed by atoms with E-state index in [2.05, 4.69) is 10.6 Å². The van der Waals surface area contributed by atoms with Crippen LogP contribution in [-0.4, -0.2) is 26.2 Å². The average Bonchev–Trinajstić information content (AvgIpc) is 2.27. The van der Waals surface area contributed by atoms with Gasteiger partial charge in [-0.05, 0) is 37.0 Å². The van der Waals surface area contributed by atoms with Crippen molar-refractivity contribution >= 4 is 17.3 Å². The molecule has 2 rings (SSSR count). The summed E-state index contributed by atoms with van der Waals surface area (Å²) in [7, 11) is 1.51. The molecule has 4 nitrogen and oxygen atoms in total. The zero-order valence-electron chi connectivity index (χ0n) is 10.7. The lowest BCUT2D eigenvalue weighted by Gasteiger charge is -2.25. The van der Waals surface area contributed by atoms with Gasteiger partial charge >= 0.3 is 0 Å². The Labute approximate surface area is 108 Å². The van der Waals surface area contributed by atoms with E-state index in [4.69, 9.17) is 4.74 Å². The summed E-state index contributed by atoms with van der Waals surface area (Å²) in [6, 6.07) is 7.78. The number of methoxy groups -OCH3 is 1. The second-order valence-corrected chi connectivity index (χ2v) is 4.74. The molecule has 1 fully saturated rings. The molecule has 18 heavy (non-hydrogen) atoms. The lowest BCUT2D eigenvalue weighted by molar-refractivity contribution is -0.119. The number of carbonyl (C=O) groups is 1. The highest BCUT2D eigenvalue weighted by atomic mass is 16.5. The second kappa shape index (κ2) is 6.40. The number of anilines is 2. The topological polar surface area (TPSA) is 50.4 Å². The first-order chi connectivity index (χ1) is 8.78. The molecule has 1 saturated carbocycles. The molecule has 1 aliphatic carbocycles. The standard InChI is InChI=1S/C14H20N2O2/c1-18-10-14(17)16-13-7-3-6-12(8-13)15-9-11-4-2-5-11/h3,6-8,11,15H,2,4-5,9-10H2,1H3,(H,16,17). The lowest BCUT2D eigenvalue weighted by Crippen LogP contribution is -2.21. The van der Waals surface area contributed by atoms with Crippen molar-refractivity contribution in [1.29, 1.82) is 0 Å². The van der Waals surface area contributed by atoms with E-state index in [0.717, 1.165) is 23.8 Å². The van der Waals surface area contributed by atoms with Crippen LogP contribution in [0.1, 0.15) is 19.3 Å². The average molecular weight is 248 g/mol. The molecule has 0 saturated heterocycles. The summed E-state index contributed by atoms with van der Waals surface area (Å²) in [5, 5.41) is 6.20. The summed E-state index contributed by atoms with van der Waals surface area (Å²) < 4.78 is 4.78. The SMILES string of the molecule is COCC(=O)Nc1cccc(NCC2CCC2)c1. The van der Waals surface area contributed by atoms with Crippen molar-refractivity contribution < 1.29 is 9.53 Å². The maximum atomic E-state index is 11.4. The first-order valence-electron chi connectivity index (χ1n) is 6.40. The van der Waals surface area contributed by atoms with Crippen LogP contribution in [0.3, 0.4) is 0 Å². The Morgan fingerprint density at radius 2 is 2.17 bits per heavy atom. The molecule has 98 valence electrons. The maximum absolute atomic E-state index is 11.4. The van der Waals surface area contributed by atoms with Crippen LogP contribution in [0.15, 0.2) is 24.3 Å². The van der Waals surface area contributed by atoms with E-state index in [1.165, 1.54) is 26.4 Å². The summed E-state index contributed by atoms with van der Waals surface area (Å²) in [6.45, 7) is 1.11. The van der Waals surface area contributed by atoms with Crippen LogP contribution in [0.25, 0.3) is 0 Å². The molecule has 0 atom stereocenters. The molecule has 0 spiro atoms. The number of hydrogen-bond acceptors (Lipinski definition) is 3. The smallest absolute Gasteiger partial charge is 0.250 e. The highest BCUT2D eigenvalue weighted by Crippen LogP contribution is 2.26. The predicted molar refractivity (Wildman–Crippen MR) is 72.8 cm³/mol. The highest BCUT2D eigenvalue weighted by molar-refractivity contribution is 5.92. The third-order valence-electron chi connectivity index (χ3n) is 3.24. The largest absolute Gasteiger partial charge is 0.385 e. The van der Waals surface area contributed by atoms with Gasteiger partial charge in [0.2, 0.25) is 5.91 Å². The van der Waals surface area contributed by atoms with Gasteiger partial charge in [-0.15, -0.1) is 0 Å². The van der Waals surface area contributed by atoms with Gasteiger partial charge in [-0.1, -0.05) is 12.5 Å². The fourth-order valence-corrected chi connectivity index (χ4v) is 1.99. The van der Waals surface area contributed by atoms with Crippen LogP contribution in [0.5, 0.6) is 0 Å². The fourth-order valence-electron chi connectivity index (χ4n) is 1.99. The van der Waals surface area contributed by atoms with Gasteiger partial charge in [-0.3, -0.25) is 4.79 Å². The third kappa shape index (κ3) is 3.74. The van der Waals surface area contributed by atoms with Gasteiger partial charge < -0.3 is 15.4 Å².